The topological polar surface area (TPSA) is 45.5 Å². The number of nitrogens with zero attached hydrogens (tertiary/aromatic N) is 4. The fourth-order valence-electron chi connectivity index (χ4n) is 2.48. The van der Waals surface area contributed by atoms with Gasteiger partial charge in [0.1, 0.15) is 0 Å². The molecule has 5 heteroatoms. The predicted octanol–water partition coefficient (Wildman–Crippen LogP) is 1.31. The highest BCUT2D eigenvalue weighted by atomic mass is 15.4. The highest BCUT2D eigenvalue weighted by Crippen LogP contribution is 2.13. The molecule has 18 heavy (non-hydrogen) atoms. The van der Waals surface area contributed by atoms with Crippen molar-refractivity contribution >= 4 is 11.6 Å². The minimum atomic E-state index is 0.580. The maximum atomic E-state index is 4.58. The van der Waals surface area contributed by atoms with Crippen molar-refractivity contribution in [3.05, 3.63) is 24.4 Å². The molecule has 96 valence electrons. The molecule has 1 fully saturated rings. The molecule has 2 aromatic rings. The summed E-state index contributed by atoms with van der Waals surface area (Å²) in [6.07, 6.45) is 4.47. The third-order valence-electron chi connectivity index (χ3n) is 3.50. The van der Waals surface area contributed by atoms with Gasteiger partial charge < -0.3 is 10.2 Å². The molecule has 0 aliphatic carbocycles. The Kier molecular flexibility index (Phi) is 3.15. The van der Waals surface area contributed by atoms with E-state index in [0.717, 1.165) is 31.2 Å². The zero-order chi connectivity index (χ0) is 12.4. The number of rotatable bonds is 4. The molecule has 0 bridgehead atoms. The maximum Gasteiger partial charge on any atom is 0.245 e. The second kappa shape index (κ2) is 4.94. The highest BCUT2D eigenvalue weighted by molar-refractivity contribution is 5.44. The summed E-state index contributed by atoms with van der Waals surface area (Å²) in [5.41, 5.74) is 0.908. The van der Waals surface area contributed by atoms with Crippen LogP contribution in [0.4, 0.5) is 5.95 Å². The first-order chi connectivity index (χ1) is 8.86. The van der Waals surface area contributed by atoms with Crippen LogP contribution in [0.5, 0.6) is 0 Å². The number of anilines is 1. The molecule has 1 saturated heterocycles. The molecular weight excluding hydrogens is 226 g/mol. The van der Waals surface area contributed by atoms with Gasteiger partial charge in [-0.05, 0) is 38.4 Å². The Morgan fingerprint density at radius 3 is 3.17 bits per heavy atom. The molecule has 1 aliphatic rings. The van der Waals surface area contributed by atoms with Crippen LogP contribution in [0.1, 0.15) is 19.8 Å². The second-order valence-corrected chi connectivity index (χ2v) is 4.75. The van der Waals surface area contributed by atoms with Crippen LogP contribution in [-0.4, -0.2) is 40.3 Å². The number of fused-ring (bicyclic) bond motifs is 1. The summed E-state index contributed by atoms with van der Waals surface area (Å²) in [6.45, 7) is 5.23. The van der Waals surface area contributed by atoms with E-state index < -0.39 is 0 Å². The molecule has 0 saturated carbocycles. The molecular formula is C13H19N5. The first-order valence-corrected chi connectivity index (χ1v) is 6.66. The van der Waals surface area contributed by atoms with Crippen molar-refractivity contribution in [2.75, 3.05) is 24.5 Å². The SMILES string of the molecule is CCN(CC1CCCN1)c1nc2ccccn2n1. The first-order valence-electron chi connectivity index (χ1n) is 6.66. The molecule has 0 aromatic carbocycles. The summed E-state index contributed by atoms with van der Waals surface area (Å²) >= 11 is 0. The van der Waals surface area contributed by atoms with E-state index in [1.54, 1.807) is 0 Å². The van der Waals surface area contributed by atoms with Gasteiger partial charge in [0.2, 0.25) is 5.95 Å². The second-order valence-electron chi connectivity index (χ2n) is 4.75. The quantitative estimate of drug-likeness (QED) is 0.882. The van der Waals surface area contributed by atoms with Crippen LogP contribution >= 0.6 is 0 Å². The number of nitrogens with one attached hydrogen (secondary N) is 1. The minimum absolute atomic E-state index is 0.580. The number of aromatic nitrogens is 3. The lowest BCUT2D eigenvalue weighted by molar-refractivity contribution is 0.580. The van der Waals surface area contributed by atoms with Crippen molar-refractivity contribution in [2.45, 2.75) is 25.8 Å². The number of hydrogen-bond donors (Lipinski definition) is 1. The smallest absolute Gasteiger partial charge is 0.245 e. The summed E-state index contributed by atoms with van der Waals surface area (Å²) < 4.78 is 1.83. The molecule has 3 rings (SSSR count). The van der Waals surface area contributed by atoms with Gasteiger partial charge in [-0.2, -0.15) is 4.98 Å². The van der Waals surface area contributed by atoms with Gasteiger partial charge in [-0.1, -0.05) is 6.07 Å². The maximum absolute atomic E-state index is 4.58. The van der Waals surface area contributed by atoms with Crippen LogP contribution < -0.4 is 10.2 Å². The zero-order valence-corrected chi connectivity index (χ0v) is 10.7. The Labute approximate surface area is 107 Å². The van der Waals surface area contributed by atoms with Gasteiger partial charge >= 0.3 is 0 Å². The summed E-state index contributed by atoms with van der Waals surface area (Å²) in [5.74, 6) is 0.831. The lowest BCUT2D eigenvalue weighted by Gasteiger charge is -2.22. The van der Waals surface area contributed by atoms with Crippen LogP contribution in [0.3, 0.4) is 0 Å². The van der Waals surface area contributed by atoms with Crippen LogP contribution in [0.25, 0.3) is 5.65 Å². The average molecular weight is 245 g/mol. The Balaban J connectivity index is 1.81. The molecule has 1 unspecified atom stereocenters. The average Bonchev–Trinajstić information content (AvgIpc) is 3.04. The van der Waals surface area contributed by atoms with E-state index in [1.807, 2.05) is 28.9 Å². The molecule has 5 nitrogen and oxygen atoms in total. The van der Waals surface area contributed by atoms with Crippen molar-refractivity contribution in [3.8, 4) is 0 Å². The fourth-order valence-corrected chi connectivity index (χ4v) is 2.48. The van der Waals surface area contributed by atoms with Crippen LogP contribution in [0.2, 0.25) is 0 Å². The van der Waals surface area contributed by atoms with Gasteiger partial charge in [0.25, 0.3) is 0 Å². The first kappa shape index (κ1) is 11.5. The molecule has 0 radical (unpaired) electrons. The number of likely N-dealkylation sites (N-methyl/N-ethyl adjacent to an activating group) is 1. The molecule has 1 atom stereocenters. The van der Waals surface area contributed by atoms with Gasteiger partial charge in [0, 0.05) is 25.3 Å². The Morgan fingerprint density at radius 2 is 2.44 bits per heavy atom. The van der Waals surface area contributed by atoms with Crippen molar-refractivity contribution in [1.29, 1.82) is 0 Å². The lowest BCUT2D eigenvalue weighted by Crippen LogP contribution is -2.38. The standard InChI is InChI=1S/C13H19N5/c1-2-17(10-11-6-5-8-14-11)13-15-12-7-3-4-9-18(12)16-13/h3-4,7,9,11,14H,2,5-6,8,10H2,1H3. The van der Waals surface area contributed by atoms with Crippen molar-refractivity contribution in [1.82, 2.24) is 19.9 Å². The van der Waals surface area contributed by atoms with Gasteiger partial charge in [-0.25, -0.2) is 4.52 Å². The van der Waals surface area contributed by atoms with E-state index in [2.05, 4.69) is 27.2 Å². The zero-order valence-electron chi connectivity index (χ0n) is 10.7. The van der Waals surface area contributed by atoms with E-state index in [1.165, 1.54) is 12.8 Å². The molecule has 3 heterocycles. The van der Waals surface area contributed by atoms with E-state index >= 15 is 0 Å². The monoisotopic (exact) mass is 245 g/mol. The largest absolute Gasteiger partial charge is 0.338 e. The molecule has 2 aromatic heterocycles. The summed E-state index contributed by atoms with van der Waals surface area (Å²) in [4.78, 5) is 6.82. The Bertz CT molecular complexity index is 482. The molecule has 0 amide bonds. The van der Waals surface area contributed by atoms with Crippen molar-refractivity contribution in [2.24, 2.45) is 0 Å². The summed E-state index contributed by atoms with van der Waals surface area (Å²) in [5, 5.41) is 8.05. The van der Waals surface area contributed by atoms with E-state index in [9.17, 15) is 0 Å². The van der Waals surface area contributed by atoms with Gasteiger partial charge in [0.15, 0.2) is 5.65 Å². The van der Waals surface area contributed by atoms with Crippen molar-refractivity contribution < 1.29 is 0 Å². The van der Waals surface area contributed by atoms with Gasteiger partial charge in [0.05, 0.1) is 0 Å². The number of hydrogen-bond acceptors (Lipinski definition) is 4. The minimum Gasteiger partial charge on any atom is -0.338 e. The summed E-state index contributed by atoms with van der Waals surface area (Å²) in [7, 11) is 0. The number of pyridine rings is 1. The lowest BCUT2D eigenvalue weighted by atomic mass is 10.2. The third kappa shape index (κ3) is 2.18. The van der Waals surface area contributed by atoms with E-state index in [0.29, 0.717) is 6.04 Å². The highest BCUT2D eigenvalue weighted by Gasteiger charge is 2.19. The molecule has 1 N–H and O–H groups in total. The predicted molar refractivity (Wildman–Crippen MR) is 71.9 cm³/mol. The Hall–Kier alpha value is -1.62. The Morgan fingerprint density at radius 1 is 1.50 bits per heavy atom. The fraction of sp³-hybridized carbons (Fsp3) is 0.538. The van der Waals surface area contributed by atoms with E-state index in [-0.39, 0.29) is 0 Å². The van der Waals surface area contributed by atoms with Crippen LogP contribution in [0, 0.1) is 0 Å². The van der Waals surface area contributed by atoms with Crippen LogP contribution in [-0.2, 0) is 0 Å². The summed E-state index contributed by atoms with van der Waals surface area (Å²) in [6, 6.07) is 6.53. The molecule has 0 spiro atoms. The van der Waals surface area contributed by atoms with Crippen molar-refractivity contribution in [3.63, 3.8) is 0 Å². The third-order valence-corrected chi connectivity index (χ3v) is 3.50. The normalized spacial score (nSPS) is 19.5. The molecule has 1 aliphatic heterocycles. The van der Waals surface area contributed by atoms with Gasteiger partial charge in [-0.15, -0.1) is 5.10 Å². The van der Waals surface area contributed by atoms with Crippen LogP contribution in [0.15, 0.2) is 24.4 Å². The van der Waals surface area contributed by atoms with Gasteiger partial charge in [-0.3, -0.25) is 0 Å². The van der Waals surface area contributed by atoms with E-state index in [4.69, 9.17) is 0 Å².